The summed E-state index contributed by atoms with van der Waals surface area (Å²) < 4.78 is 20.3. The molecule has 0 radical (unpaired) electrons. The summed E-state index contributed by atoms with van der Waals surface area (Å²) in [4.78, 5) is 27.4. The molecule has 10 aromatic rings. The maximum atomic E-state index is 16.2. The van der Waals surface area contributed by atoms with Crippen LogP contribution in [0.5, 0.6) is 0 Å². The molecule has 0 fully saturated rings. The van der Waals surface area contributed by atoms with Crippen molar-refractivity contribution in [2.45, 2.75) is 27.7 Å². The van der Waals surface area contributed by atoms with E-state index in [1.54, 1.807) is 12.1 Å². The molecule has 0 bridgehead atoms. The number of rotatable bonds is 5. The molecule has 0 atom stereocenters. The van der Waals surface area contributed by atoms with Crippen molar-refractivity contribution in [3.05, 3.63) is 156 Å². The molecule has 0 aliphatic carbocycles. The summed E-state index contributed by atoms with van der Waals surface area (Å²) in [7, 11) is 0. The smallest absolute Gasteiger partial charge is 0.163 e. The lowest BCUT2D eigenvalue weighted by Gasteiger charge is -2.19. The normalized spacial score (nSPS) is 11.4. The van der Waals surface area contributed by atoms with Crippen molar-refractivity contribution >= 4 is 43.6 Å². The van der Waals surface area contributed by atoms with Crippen LogP contribution in [0.15, 0.2) is 115 Å². The van der Waals surface area contributed by atoms with E-state index in [0.29, 0.717) is 57.4 Å². The van der Waals surface area contributed by atoms with Crippen LogP contribution in [-0.4, -0.2) is 39.0 Å². The van der Waals surface area contributed by atoms with E-state index < -0.39 is 5.82 Å². The number of aryl methyl sites for hydroxylation is 4. The fourth-order valence-electron chi connectivity index (χ4n) is 8.28. The van der Waals surface area contributed by atoms with Crippen molar-refractivity contribution < 1.29 is 4.39 Å². The maximum Gasteiger partial charge on any atom is 0.163 e. The van der Waals surface area contributed by atoms with Gasteiger partial charge in [-0.05, 0) is 81.8 Å². The molecule has 0 N–H and O–H groups in total. The molecule has 4 aromatic heterocycles. The molecule has 0 amide bonds. The number of nitrogens with zero attached hydrogens (tertiary/aromatic N) is 10. The average molecular weight is 767 g/mol. The van der Waals surface area contributed by atoms with Gasteiger partial charge < -0.3 is 9.13 Å². The molecule has 59 heavy (non-hydrogen) atoms. The zero-order chi connectivity index (χ0) is 40.5. The molecule has 6 aromatic carbocycles. The second-order valence-electron chi connectivity index (χ2n) is 14.5. The maximum absolute atomic E-state index is 16.2. The van der Waals surface area contributed by atoms with Crippen molar-refractivity contribution in [2.75, 3.05) is 0 Å². The van der Waals surface area contributed by atoms with Crippen LogP contribution >= 0.6 is 0 Å². The molecule has 10 rings (SSSR count). The van der Waals surface area contributed by atoms with Crippen LogP contribution in [0.1, 0.15) is 34.4 Å². The number of hydrogen-bond donors (Lipinski definition) is 0. The van der Waals surface area contributed by atoms with Gasteiger partial charge in [-0.2, -0.15) is 10.5 Å². The first-order valence-electron chi connectivity index (χ1n) is 18.9. The van der Waals surface area contributed by atoms with E-state index in [2.05, 4.69) is 57.2 Å². The second kappa shape index (κ2) is 13.5. The van der Waals surface area contributed by atoms with Gasteiger partial charge in [0.1, 0.15) is 40.7 Å². The van der Waals surface area contributed by atoms with Gasteiger partial charge in [-0.1, -0.05) is 66.7 Å². The third-order valence-corrected chi connectivity index (χ3v) is 10.7. The molecule has 10 nitrogen and oxygen atoms in total. The molecule has 0 spiro atoms. The first kappa shape index (κ1) is 35.3. The largest absolute Gasteiger partial charge is 0.308 e. The van der Waals surface area contributed by atoms with Gasteiger partial charge in [0.25, 0.3) is 0 Å². The van der Waals surface area contributed by atoms with Crippen molar-refractivity contribution in [1.29, 1.82) is 10.5 Å². The summed E-state index contributed by atoms with van der Waals surface area (Å²) in [6.07, 6.45) is 0. The van der Waals surface area contributed by atoms with Crippen molar-refractivity contribution in [3.63, 3.8) is 0 Å². The van der Waals surface area contributed by atoms with Crippen molar-refractivity contribution in [2.24, 2.45) is 0 Å². The fourth-order valence-corrected chi connectivity index (χ4v) is 8.28. The Morgan fingerprint density at radius 2 is 0.915 bits per heavy atom. The average Bonchev–Trinajstić information content (AvgIpc) is 3.74. The van der Waals surface area contributed by atoms with E-state index in [1.165, 1.54) is 6.07 Å². The zero-order valence-electron chi connectivity index (χ0n) is 32.3. The van der Waals surface area contributed by atoms with Gasteiger partial charge in [0, 0.05) is 38.2 Å². The molecule has 4 heterocycles. The number of benzene rings is 6. The van der Waals surface area contributed by atoms with E-state index in [0.717, 1.165) is 54.7 Å². The quantitative estimate of drug-likeness (QED) is 0.169. The van der Waals surface area contributed by atoms with E-state index in [4.69, 9.17) is 0 Å². The number of halogens is 1. The lowest BCUT2D eigenvalue weighted by Crippen LogP contribution is -2.06. The van der Waals surface area contributed by atoms with Crippen LogP contribution < -0.4 is 0 Å². The Balaban J connectivity index is 1.34. The Hall–Kier alpha value is -8.15. The van der Waals surface area contributed by atoms with Crippen LogP contribution in [0.4, 0.5) is 4.39 Å². The Morgan fingerprint density at radius 1 is 0.458 bits per heavy atom. The third-order valence-electron chi connectivity index (χ3n) is 10.7. The Kier molecular flexibility index (Phi) is 8.08. The first-order chi connectivity index (χ1) is 28.7. The van der Waals surface area contributed by atoms with Gasteiger partial charge in [-0.15, -0.1) is 0 Å². The van der Waals surface area contributed by atoms with Gasteiger partial charge in [0.15, 0.2) is 11.6 Å². The monoisotopic (exact) mass is 766 g/mol. The van der Waals surface area contributed by atoms with Crippen LogP contribution in [0.25, 0.3) is 88.9 Å². The fraction of sp³-hybridized carbons (Fsp3) is 0.0833. The number of aromatic nitrogens is 8. The summed E-state index contributed by atoms with van der Waals surface area (Å²) in [6.45, 7) is 7.36. The van der Waals surface area contributed by atoms with Gasteiger partial charge >= 0.3 is 0 Å². The molecule has 0 aliphatic rings. The number of fused-ring (bicyclic) bond motifs is 6. The van der Waals surface area contributed by atoms with Gasteiger partial charge in [-0.3, -0.25) is 0 Å². The minimum Gasteiger partial charge on any atom is -0.308 e. The highest BCUT2D eigenvalue weighted by atomic mass is 19.1. The molecule has 11 heteroatoms. The van der Waals surface area contributed by atoms with Crippen molar-refractivity contribution in [1.82, 2.24) is 39.0 Å². The highest BCUT2D eigenvalue weighted by Gasteiger charge is 2.24. The van der Waals surface area contributed by atoms with Crippen molar-refractivity contribution in [3.8, 4) is 57.4 Å². The van der Waals surface area contributed by atoms with E-state index in [-0.39, 0.29) is 11.1 Å². The number of para-hydroxylation sites is 2. The summed E-state index contributed by atoms with van der Waals surface area (Å²) >= 11 is 0. The van der Waals surface area contributed by atoms with Crippen LogP contribution in [0.2, 0.25) is 0 Å². The highest BCUT2D eigenvalue weighted by molar-refractivity contribution is 6.12. The molecule has 0 saturated heterocycles. The Labute approximate surface area is 337 Å². The number of hydrogen-bond acceptors (Lipinski definition) is 8. The molecule has 0 aliphatic heterocycles. The van der Waals surface area contributed by atoms with Crippen LogP contribution in [0, 0.1) is 56.2 Å². The van der Waals surface area contributed by atoms with E-state index >= 15 is 4.39 Å². The summed E-state index contributed by atoms with van der Waals surface area (Å²) in [5.74, 6) is 2.95. The molecule has 0 saturated carbocycles. The third kappa shape index (κ3) is 5.75. The minimum atomic E-state index is -0.555. The SMILES string of the molecule is Cc1nc(C)nc(-c2ccc3c4ccccc4n(-c4cc(-c5ccc(C#N)cc5F)cc(-n5c6ccccc6c6ccc(-c7nc(C)nc(C)n7)cc65)c4C#N)c3c2)n1. The topological polar surface area (TPSA) is 135 Å². The Morgan fingerprint density at radius 3 is 1.36 bits per heavy atom. The van der Waals surface area contributed by atoms with Gasteiger partial charge in [0.05, 0.1) is 45.1 Å². The molecular weight excluding hydrogens is 736 g/mol. The molecular formula is C48H31FN10. The highest BCUT2D eigenvalue weighted by Crippen LogP contribution is 2.42. The second-order valence-corrected chi connectivity index (χ2v) is 14.5. The zero-order valence-corrected chi connectivity index (χ0v) is 32.3. The minimum absolute atomic E-state index is 0.206. The lowest BCUT2D eigenvalue weighted by molar-refractivity contribution is 0.631. The summed E-state index contributed by atoms with van der Waals surface area (Å²) in [6, 6.07) is 41.0. The van der Waals surface area contributed by atoms with E-state index in [9.17, 15) is 10.5 Å². The summed E-state index contributed by atoms with van der Waals surface area (Å²) in [5.41, 5.74) is 7.35. The molecule has 0 unspecified atom stereocenters. The molecule has 280 valence electrons. The standard InChI is InChI=1S/C48H31FN10/c1-26-52-27(2)55-47(54-26)31-14-17-37-35-9-5-7-11-41(35)58(43(37)20-31)45-22-33(34-16-13-30(24-50)19-40(34)49)23-46(39(45)25-51)59-42-12-8-6-10-36(42)38-18-15-32(21-44(38)59)48-56-28(3)53-29(4)57-48/h5-23H,1-4H3. The predicted octanol–water partition coefficient (Wildman–Crippen LogP) is 10.4. The van der Waals surface area contributed by atoms with Gasteiger partial charge in [0.2, 0.25) is 0 Å². The predicted molar refractivity (Wildman–Crippen MR) is 227 cm³/mol. The van der Waals surface area contributed by atoms with E-state index in [1.807, 2.05) is 119 Å². The lowest BCUT2D eigenvalue weighted by atomic mass is 9.98. The summed E-state index contributed by atoms with van der Waals surface area (Å²) in [5, 5.41) is 24.9. The first-order valence-corrected chi connectivity index (χ1v) is 18.9. The Bertz CT molecular complexity index is 3260. The van der Waals surface area contributed by atoms with Gasteiger partial charge in [-0.25, -0.2) is 34.3 Å². The van der Waals surface area contributed by atoms with Crippen LogP contribution in [0.3, 0.4) is 0 Å². The number of nitriles is 2. The van der Waals surface area contributed by atoms with Crippen LogP contribution in [-0.2, 0) is 0 Å².